The van der Waals surface area contributed by atoms with Crippen molar-refractivity contribution >= 4 is 12.0 Å². The highest BCUT2D eigenvalue weighted by atomic mass is 16.4. The van der Waals surface area contributed by atoms with Crippen LogP contribution < -0.4 is 10.6 Å². The largest absolute Gasteiger partial charge is 0.480 e. The van der Waals surface area contributed by atoms with Crippen LogP contribution in [0.15, 0.2) is 0 Å². The third-order valence-corrected chi connectivity index (χ3v) is 3.40. The molecule has 1 rings (SSSR count). The lowest BCUT2D eigenvalue weighted by Gasteiger charge is -2.36. The first-order valence-corrected chi connectivity index (χ1v) is 6.19. The van der Waals surface area contributed by atoms with Crippen molar-refractivity contribution in [3.05, 3.63) is 0 Å². The molecule has 1 saturated carbocycles. The average molecular weight is 252 g/mol. The van der Waals surface area contributed by atoms with E-state index in [4.69, 9.17) is 0 Å². The van der Waals surface area contributed by atoms with Crippen LogP contribution in [-0.2, 0) is 4.79 Å². The van der Waals surface area contributed by atoms with E-state index in [-0.39, 0.29) is 6.54 Å². The number of aliphatic carboxylic acids is 1. The Morgan fingerprint density at radius 2 is 2.00 bits per heavy atom. The van der Waals surface area contributed by atoms with Gasteiger partial charge in [-0.3, -0.25) is 0 Å². The highest BCUT2D eigenvalue weighted by molar-refractivity contribution is 5.86. The van der Waals surface area contributed by atoms with Gasteiger partial charge in [-0.1, -0.05) is 12.8 Å². The zero-order valence-electron chi connectivity index (χ0n) is 10.9. The number of nitrogens with one attached hydrogen (secondary N) is 2. The van der Waals surface area contributed by atoms with Crippen molar-refractivity contribution in [3.63, 3.8) is 0 Å². The lowest BCUT2D eigenvalue weighted by atomic mass is 9.77. The third-order valence-electron chi connectivity index (χ3n) is 3.40. The van der Waals surface area contributed by atoms with E-state index < -0.39 is 17.5 Å². The molecule has 0 bridgehead atoms. The molecule has 0 atom stereocenters. The molecular formula is C13H20N2O3. The van der Waals surface area contributed by atoms with Crippen molar-refractivity contribution in [2.75, 3.05) is 6.54 Å². The summed E-state index contributed by atoms with van der Waals surface area (Å²) in [4.78, 5) is 23.0. The Hall–Kier alpha value is -1.70. The predicted molar refractivity (Wildman–Crippen MR) is 68.0 cm³/mol. The van der Waals surface area contributed by atoms with E-state index in [1.807, 2.05) is 0 Å². The standard InChI is InChI=1S/C13H20N2O3/c1-3-4-9-14-12(18)15-13(11(16)17)7-5-10(2)6-8-13/h10H,5-9H2,1-2H3,(H,16,17)(H2,14,15,18). The molecule has 5 heteroatoms. The molecule has 0 aromatic carbocycles. The van der Waals surface area contributed by atoms with Gasteiger partial charge in [-0.05, 0) is 38.5 Å². The van der Waals surface area contributed by atoms with Gasteiger partial charge in [0.1, 0.15) is 5.54 Å². The molecule has 0 saturated heterocycles. The van der Waals surface area contributed by atoms with Crippen molar-refractivity contribution < 1.29 is 14.7 Å². The van der Waals surface area contributed by atoms with Crippen LogP contribution in [0, 0.1) is 17.8 Å². The van der Waals surface area contributed by atoms with Gasteiger partial charge >= 0.3 is 12.0 Å². The summed E-state index contributed by atoms with van der Waals surface area (Å²) in [7, 11) is 0. The van der Waals surface area contributed by atoms with E-state index in [9.17, 15) is 14.7 Å². The molecule has 0 unspecified atom stereocenters. The first-order valence-electron chi connectivity index (χ1n) is 6.19. The Labute approximate surface area is 107 Å². The molecule has 1 fully saturated rings. The molecule has 5 nitrogen and oxygen atoms in total. The molecule has 3 N–H and O–H groups in total. The van der Waals surface area contributed by atoms with Gasteiger partial charge in [-0.25, -0.2) is 9.59 Å². The lowest BCUT2D eigenvalue weighted by Crippen LogP contribution is -2.58. The topological polar surface area (TPSA) is 78.4 Å². The SMILES string of the molecule is CC#CCNC(=O)NC1(C(=O)O)CCC(C)CC1. The number of hydrogen-bond acceptors (Lipinski definition) is 2. The van der Waals surface area contributed by atoms with Gasteiger partial charge in [0.25, 0.3) is 0 Å². The molecule has 1 aliphatic carbocycles. The summed E-state index contributed by atoms with van der Waals surface area (Å²) in [5.41, 5.74) is -1.11. The molecule has 100 valence electrons. The molecule has 0 aromatic heterocycles. The van der Waals surface area contributed by atoms with Gasteiger partial charge in [-0.15, -0.1) is 5.92 Å². The van der Waals surface area contributed by atoms with Gasteiger partial charge < -0.3 is 15.7 Å². The molecule has 1 aliphatic rings. The highest BCUT2D eigenvalue weighted by Crippen LogP contribution is 2.32. The summed E-state index contributed by atoms with van der Waals surface area (Å²) in [6.07, 6.45) is 2.61. The third kappa shape index (κ3) is 3.66. The minimum Gasteiger partial charge on any atom is -0.480 e. The number of carbonyl (C=O) groups excluding carboxylic acids is 1. The van der Waals surface area contributed by atoms with E-state index in [0.29, 0.717) is 18.8 Å². The maximum Gasteiger partial charge on any atom is 0.329 e. The predicted octanol–water partition coefficient (Wildman–Crippen LogP) is 1.34. The summed E-state index contributed by atoms with van der Waals surface area (Å²) in [6.45, 7) is 4.01. The van der Waals surface area contributed by atoms with Gasteiger partial charge in [0.2, 0.25) is 0 Å². The van der Waals surface area contributed by atoms with Crippen molar-refractivity contribution in [2.24, 2.45) is 5.92 Å². The van der Waals surface area contributed by atoms with Crippen LogP contribution in [0.1, 0.15) is 39.5 Å². The molecule has 0 heterocycles. The maximum atomic E-state index is 11.6. The Morgan fingerprint density at radius 1 is 1.39 bits per heavy atom. The van der Waals surface area contributed by atoms with E-state index in [1.165, 1.54) is 0 Å². The van der Waals surface area contributed by atoms with E-state index in [0.717, 1.165) is 12.8 Å². The van der Waals surface area contributed by atoms with Crippen molar-refractivity contribution in [1.82, 2.24) is 10.6 Å². The highest BCUT2D eigenvalue weighted by Gasteiger charge is 2.42. The number of amides is 2. The average Bonchev–Trinajstić information content (AvgIpc) is 2.32. The Morgan fingerprint density at radius 3 is 2.50 bits per heavy atom. The van der Waals surface area contributed by atoms with Gasteiger partial charge in [0.15, 0.2) is 0 Å². The fourth-order valence-corrected chi connectivity index (χ4v) is 2.12. The minimum atomic E-state index is -1.11. The first kappa shape index (κ1) is 14.4. The van der Waals surface area contributed by atoms with E-state index in [2.05, 4.69) is 29.4 Å². The Bertz CT molecular complexity index is 373. The number of urea groups is 1. The molecule has 0 spiro atoms. The summed E-state index contributed by atoms with van der Waals surface area (Å²) in [6, 6.07) is -0.463. The minimum absolute atomic E-state index is 0.231. The second kappa shape index (κ2) is 6.29. The maximum absolute atomic E-state index is 11.6. The van der Waals surface area contributed by atoms with Crippen LogP contribution in [0.2, 0.25) is 0 Å². The summed E-state index contributed by atoms with van der Waals surface area (Å²) in [5.74, 6) is 4.92. The molecule has 18 heavy (non-hydrogen) atoms. The smallest absolute Gasteiger partial charge is 0.329 e. The molecule has 2 amide bonds. The molecule has 0 aromatic rings. The normalized spacial score (nSPS) is 26.7. The van der Waals surface area contributed by atoms with Crippen molar-refractivity contribution in [2.45, 2.75) is 45.1 Å². The van der Waals surface area contributed by atoms with Crippen LogP contribution in [0.3, 0.4) is 0 Å². The van der Waals surface area contributed by atoms with E-state index >= 15 is 0 Å². The van der Waals surface area contributed by atoms with Gasteiger partial charge in [0.05, 0.1) is 6.54 Å². The Kier molecular flexibility index (Phi) is 5.02. The fraction of sp³-hybridized carbons (Fsp3) is 0.692. The molecule has 0 radical (unpaired) electrons. The summed E-state index contributed by atoms with van der Waals surface area (Å²) < 4.78 is 0. The molecule has 0 aliphatic heterocycles. The first-order chi connectivity index (χ1) is 8.50. The van der Waals surface area contributed by atoms with Crippen molar-refractivity contribution in [3.8, 4) is 11.8 Å². The Balaban J connectivity index is 2.59. The summed E-state index contributed by atoms with van der Waals surface area (Å²) in [5, 5.41) is 14.5. The number of carbonyl (C=O) groups is 2. The zero-order chi connectivity index (χ0) is 13.6. The van der Waals surface area contributed by atoms with Crippen LogP contribution in [0.4, 0.5) is 4.79 Å². The quantitative estimate of drug-likeness (QED) is 0.663. The number of hydrogen-bond donors (Lipinski definition) is 3. The van der Waals surface area contributed by atoms with E-state index in [1.54, 1.807) is 6.92 Å². The monoisotopic (exact) mass is 252 g/mol. The zero-order valence-corrected chi connectivity index (χ0v) is 10.9. The second-order valence-corrected chi connectivity index (χ2v) is 4.80. The fourth-order valence-electron chi connectivity index (χ4n) is 2.12. The lowest BCUT2D eigenvalue weighted by molar-refractivity contribution is -0.146. The van der Waals surface area contributed by atoms with Crippen LogP contribution in [0.25, 0.3) is 0 Å². The van der Waals surface area contributed by atoms with Crippen LogP contribution in [0.5, 0.6) is 0 Å². The van der Waals surface area contributed by atoms with Gasteiger partial charge in [-0.2, -0.15) is 0 Å². The second-order valence-electron chi connectivity index (χ2n) is 4.80. The van der Waals surface area contributed by atoms with Crippen LogP contribution in [-0.4, -0.2) is 29.2 Å². The number of carboxylic acids is 1. The van der Waals surface area contributed by atoms with Crippen LogP contribution >= 0.6 is 0 Å². The number of carboxylic acid groups (broad SMARTS) is 1. The molecular weight excluding hydrogens is 232 g/mol. The van der Waals surface area contributed by atoms with Gasteiger partial charge in [0, 0.05) is 0 Å². The van der Waals surface area contributed by atoms with Crippen molar-refractivity contribution in [1.29, 1.82) is 0 Å². The number of rotatable bonds is 3. The summed E-state index contributed by atoms with van der Waals surface area (Å²) >= 11 is 0.